The van der Waals surface area contributed by atoms with E-state index < -0.39 is 0 Å². The molecule has 5 aromatic rings. The fraction of sp³-hybridized carbons (Fsp3) is 0.0303. The Kier molecular flexibility index (Phi) is 7.02. The van der Waals surface area contributed by atoms with Crippen LogP contribution in [-0.4, -0.2) is 0 Å². The molecular formula is C33H27NS. The highest BCUT2D eigenvalue weighted by Gasteiger charge is 2.13. The lowest BCUT2D eigenvalue weighted by Crippen LogP contribution is -2.11. The van der Waals surface area contributed by atoms with E-state index in [1.54, 1.807) is 11.3 Å². The number of para-hydroxylation sites is 2. The van der Waals surface area contributed by atoms with Crippen molar-refractivity contribution < 1.29 is 0 Å². The number of rotatable bonds is 7. The van der Waals surface area contributed by atoms with E-state index in [1.165, 1.54) is 32.8 Å². The summed E-state index contributed by atoms with van der Waals surface area (Å²) in [5.41, 5.74) is 8.31. The van der Waals surface area contributed by atoms with Crippen LogP contribution in [0.4, 0.5) is 17.1 Å². The summed E-state index contributed by atoms with van der Waals surface area (Å²) in [4.78, 5) is 3.57. The summed E-state index contributed by atoms with van der Waals surface area (Å²) in [5.74, 6) is 0. The van der Waals surface area contributed by atoms with Gasteiger partial charge in [-0.25, -0.2) is 0 Å². The van der Waals surface area contributed by atoms with E-state index in [4.69, 9.17) is 0 Å². The lowest BCUT2D eigenvalue weighted by molar-refractivity contribution is 1.25. The minimum atomic E-state index is 1.14. The van der Waals surface area contributed by atoms with Crippen molar-refractivity contribution in [2.24, 2.45) is 0 Å². The Labute approximate surface area is 212 Å². The summed E-state index contributed by atoms with van der Waals surface area (Å²) in [6.07, 6.45) is 8.74. The second-order valence-corrected chi connectivity index (χ2v) is 9.34. The molecule has 35 heavy (non-hydrogen) atoms. The van der Waals surface area contributed by atoms with Crippen molar-refractivity contribution in [3.8, 4) is 0 Å². The van der Waals surface area contributed by atoms with E-state index in [9.17, 15) is 0 Å². The van der Waals surface area contributed by atoms with Crippen molar-refractivity contribution in [2.75, 3.05) is 4.90 Å². The molecule has 4 aromatic carbocycles. The molecule has 0 radical (unpaired) electrons. The summed E-state index contributed by atoms with van der Waals surface area (Å²) in [6, 6.07) is 40.5. The van der Waals surface area contributed by atoms with Crippen molar-refractivity contribution >= 4 is 52.7 Å². The topological polar surface area (TPSA) is 3.24 Å². The molecule has 1 nitrogen and oxygen atoms in total. The quantitative estimate of drug-likeness (QED) is 0.214. The van der Waals surface area contributed by atoms with Crippen LogP contribution in [0.3, 0.4) is 0 Å². The highest BCUT2D eigenvalue weighted by atomic mass is 32.1. The van der Waals surface area contributed by atoms with Gasteiger partial charge < -0.3 is 4.90 Å². The van der Waals surface area contributed by atoms with Gasteiger partial charge in [-0.2, -0.15) is 0 Å². The molecule has 0 N–H and O–H groups in total. The third kappa shape index (κ3) is 5.51. The molecule has 0 aliphatic carbocycles. The van der Waals surface area contributed by atoms with Crippen molar-refractivity contribution in [1.29, 1.82) is 0 Å². The predicted molar refractivity (Wildman–Crippen MR) is 154 cm³/mol. The van der Waals surface area contributed by atoms with Gasteiger partial charge in [-0.3, -0.25) is 0 Å². The first-order valence-corrected chi connectivity index (χ1v) is 12.7. The third-order valence-corrected chi connectivity index (χ3v) is 6.78. The molecule has 1 aromatic heterocycles. The Balaban J connectivity index is 1.41. The standard InChI is InChI=1S/C33H27NS/c1-26-10-5-8-16-33(26)34(30-13-3-2-4-14-30)31-22-18-27(19-23-31)17-20-28-11-6-7-12-29(28)21-24-32-15-9-25-35-32/h2-25H,1H3. The van der Waals surface area contributed by atoms with Crippen LogP contribution in [0.15, 0.2) is 121 Å². The number of thiophene rings is 1. The van der Waals surface area contributed by atoms with Gasteiger partial charge in [0.15, 0.2) is 0 Å². The van der Waals surface area contributed by atoms with Gasteiger partial charge in [-0.05, 0) is 77.0 Å². The number of benzene rings is 4. The van der Waals surface area contributed by atoms with Crippen LogP contribution in [0.2, 0.25) is 0 Å². The monoisotopic (exact) mass is 469 g/mol. The number of anilines is 3. The van der Waals surface area contributed by atoms with E-state index >= 15 is 0 Å². The van der Waals surface area contributed by atoms with Crippen molar-refractivity contribution in [3.63, 3.8) is 0 Å². The summed E-state index contributed by atoms with van der Waals surface area (Å²) in [7, 11) is 0. The maximum Gasteiger partial charge on any atom is 0.0490 e. The molecule has 2 heteroatoms. The van der Waals surface area contributed by atoms with E-state index in [0.29, 0.717) is 0 Å². The number of aryl methyl sites for hydroxylation is 1. The van der Waals surface area contributed by atoms with Crippen molar-refractivity contribution in [2.45, 2.75) is 6.92 Å². The molecule has 170 valence electrons. The summed E-state index contributed by atoms with van der Waals surface area (Å²) >= 11 is 1.75. The highest BCUT2D eigenvalue weighted by molar-refractivity contribution is 7.10. The van der Waals surface area contributed by atoms with Crippen LogP contribution in [0, 0.1) is 6.92 Å². The average Bonchev–Trinajstić information content (AvgIpc) is 3.43. The Hall–Kier alpha value is -4.14. The van der Waals surface area contributed by atoms with Gasteiger partial charge in [-0.1, -0.05) is 97.1 Å². The molecular weight excluding hydrogens is 442 g/mol. The second-order valence-electron chi connectivity index (χ2n) is 8.36. The maximum atomic E-state index is 2.31. The normalized spacial score (nSPS) is 11.3. The van der Waals surface area contributed by atoms with E-state index in [0.717, 1.165) is 11.4 Å². The minimum absolute atomic E-state index is 1.14. The van der Waals surface area contributed by atoms with E-state index in [-0.39, 0.29) is 0 Å². The number of hydrogen-bond acceptors (Lipinski definition) is 2. The van der Waals surface area contributed by atoms with Gasteiger partial charge in [0.05, 0.1) is 0 Å². The number of nitrogens with zero attached hydrogens (tertiary/aromatic N) is 1. The first-order valence-electron chi connectivity index (χ1n) is 11.8. The molecule has 0 spiro atoms. The number of hydrogen-bond donors (Lipinski definition) is 0. The molecule has 0 atom stereocenters. The molecule has 0 saturated heterocycles. The van der Waals surface area contributed by atoms with Crippen molar-refractivity contribution in [3.05, 3.63) is 148 Å². The van der Waals surface area contributed by atoms with E-state index in [2.05, 4.69) is 157 Å². The van der Waals surface area contributed by atoms with Gasteiger partial charge in [-0.15, -0.1) is 11.3 Å². The third-order valence-electron chi connectivity index (χ3n) is 5.94. The zero-order valence-electron chi connectivity index (χ0n) is 19.7. The average molecular weight is 470 g/mol. The summed E-state index contributed by atoms with van der Waals surface area (Å²) < 4.78 is 0. The first-order chi connectivity index (χ1) is 17.3. The van der Waals surface area contributed by atoms with Gasteiger partial charge >= 0.3 is 0 Å². The maximum absolute atomic E-state index is 2.31. The summed E-state index contributed by atoms with van der Waals surface area (Å²) in [5, 5.41) is 2.10. The molecule has 0 bridgehead atoms. The Morgan fingerprint density at radius 2 is 1.17 bits per heavy atom. The molecule has 5 rings (SSSR count). The zero-order chi connectivity index (χ0) is 23.9. The van der Waals surface area contributed by atoms with Crippen LogP contribution in [0.1, 0.15) is 27.1 Å². The SMILES string of the molecule is Cc1ccccc1N(c1ccccc1)c1ccc(C=Cc2ccccc2C=Cc2cccs2)cc1. The Morgan fingerprint density at radius 1 is 0.543 bits per heavy atom. The van der Waals surface area contributed by atoms with Crippen LogP contribution >= 0.6 is 11.3 Å². The lowest BCUT2D eigenvalue weighted by atomic mass is 10.0. The highest BCUT2D eigenvalue weighted by Crippen LogP contribution is 2.36. The van der Waals surface area contributed by atoms with Crippen LogP contribution < -0.4 is 4.90 Å². The minimum Gasteiger partial charge on any atom is -0.310 e. The Morgan fingerprint density at radius 3 is 1.86 bits per heavy atom. The molecule has 0 amide bonds. The molecule has 1 heterocycles. The lowest BCUT2D eigenvalue weighted by Gasteiger charge is -2.27. The summed E-state index contributed by atoms with van der Waals surface area (Å²) in [6.45, 7) is 2.16. The van der Waals surface area contributed by atoms with Crippen LogP contribution in [0.25, 0.3) is 24.3 Å². The van der Waals surface area contributed by atoms with Crippen LogP contribution in [0.5, 0.6) is 0 Å². The molecule has 0 saturated carbocycles. The van der Waals surface area contributed by atoms with Crippen molar-refractivity contribution in [1.82, 2.24) is 0 Å². The van der Waals surface area contributed by atoms with E-state index in [1.807, 2.05) is 0 Å². The second kappa shape index (κ2) is 10.9. The van der Waals surface area contributed by atoms with Crippen LogP contribution in [-0.2, 0) is 0 Å². The predicted octanol–water partition coefficient (Wildman–Crippen LogP) is 9.87. The van der Waals surface area contributed by atoms with Gasteiger partial charge in [0.25, 0.3) is 0 Å². The largest absolute Gasteiger partial charge is 0.310 e. The molecule has 0 fully saturated rings. The fourth-order valence-electron chi connectivity index (χ4n) is 4.11. The molecule has 0 aliphatic rings. The zero-order valence-corrected chi connectivity index (χ0v) is 20.5. The molecule has 0 unspecified atom stereocenters. The van der Waals surface area contributed by atoms with Gasteiger partial charge in [0.1, 0.15) is 0 Å². The van der Waals surface area contributed by atoms with Gasteiger partial charge in [0.2, 0.25) is 0 Å². The fourth-order valence-corrected chi connectivity index (χ4v) is 4.73. The molecule has 0 aliphatic heterocycles. The first kappa shape index (κ1) is 22.6. The van der Waals surface area contributed by atoms with Gasteiger partial charge in [0, 0.05) is 21.9 Å². The smallest absolute Gasteiger partial charge is 0.0490 e. The Bertz CT molecular complexity index is 1430.